The summed E-state index contributed by atoms with van der Waals surface area (Å²) in [5.41, 5.74) is 0. The summed E-state index contributed by atoms with van der Waals surface area (Å²) >= 11 is 0. The fourth-order valence-electron chi connectivity index (χ4n) is 11.6. The Morgan fingerprint density at radius 1 is 0.400 bits per heavy atom. The lowest BCUT2D eigenvalue weighted by atomic mass is 10.0. The molecule has 90 heavy (non-hydrogen) atoms. The quantitative estimate of drug-likeness (QED) is 0.0272. The lowest BCUT2D eigenvalue weighted by Crippen LogP contribution is -2.45. The average Bonchev–Trinajstić information content (AvgIpc) is 3.72. The monoisotopic (exact) mass is 1280 g/mol. The van der Waals surface area contributed by atoms with Gasteiger partial charge >= 0.3 is 0 Å². The molecule has 526 valence electrons. The molecular formula is C81H151N2O6P. The number of unbranched alkanes of at least 4 members (excludes halogenated alkanes) is 47. The van der Waals surface area contributed by atoms with E-state index in [4.69, 9.17) is 9.05 Å². The van der Waals surface area contributed by atoms with Crippen molar-refractivity contribution in [1.82, 2.24) is 5.32 Å². The van der Waals surface area contributed by atoms with Gasteiger partial charge in [0.05, 0.1) is 39.9 Å². The first-order valence-corrected chi connectivity index (χ1v) is 40.4. The summed E-state index contributed by atoms with van der Waals surface area (Å²) in [6.07, 6.45) is 102. The summed E-state index contributed by atoms with van der Waals surface area (Å²) in [6, 6.07) is -0.890. The molecular weight excluding hydrogens is 1130 g/mol. The molecule has 0 rings (SSSR count). The second-order valence-electron chi connectivity index (χ2n) is 27.7. The second kappa shape index (κ2) is 71.0. The number of allylic oxidation sites excluding steroid dienone is 13. The van der Waals surface area contributed by atoms with Crippen LogP contribution < -0.4 is 10.2 Å². The molecule has 9 heteroatoms. The SMILES string of the molecule is CC/C=C\C/C=C\C/C=C\C/C=C\C/C=C\C/C=C\CCCCCCCCCCCCCCCCCCCCCCC(=O)NC(COP(=O)([O-])OCC[N+](C)(C)C)C(O)/C=C/CCCCCCCCCCCCCCCCCCCCCCCCCCCCC. The van der Waals surface area contributed by atoms with Gasteiger partial charge < -0.3 is 28.8 Å². The number of nitrogens with one attached hydrogen (secondary N) is 1. The number of likely N-dealkylation sites (N-methyl/N-ethyl adjacent to an activating group) is 1. The standard InChI is InChI=1S/C81H151N2O6P/c1-6-8-10-12-14-16-18-20-22-24-26-28-30-32-34-36-37-38-39-40-41-42-43-44-45-47-49-51-53-55-57-59-61-63-65-67-69-71-73-75-81(85)82-79(78-89-90(86,87)88-77-76-83(3,4)5)80(84)74-72-70-68-66-64-62-60-58-56-54-52-50-48-46-35-33-31-29-27-25-23-21-19-17-15-13-11-9-7-2/h8,10,14,16,20,22,26,28,32,34,37-38,72,74,79-80,84H,6-7,9,11-13,15,17-19,21,23-25,27,29-31,33,35-36,39-71,73,75-78H2,1-5H3,(H-,82,85,86,87)/b10-8-,16-14-,22-20-,28-26-,34-32-,38-37-,74-72+. The van der Waals surface area contributed by atoms with Gasteiger partial charge in [0.1, 0.15) is 13.2 Å². The Bertz CT molecular complexity index is 1750. The van der Waals surface area contributed by atoms with Gasteiger partial charge in [0.2, 0.25) is 5.91 Å². The molecule has 0 aromatic rings. The highest BCUT2D eigenvalue weighted by Gasteiger charge is 2.23. The number of rotatable bonds is 72. The van der Waals surface area contributed by atoms with E-state index in [1.54, 1.807) is 6.08 Å². The van der Waals surface area contributed by atoms with Crippen LogP contribution in [0.25, 0.3) is 0 Å². The van der Waals surface area contributed by atoms with Gasteiger partial charge in [-0.2, -0.15) is 0 Å². The van der Waals surface area contributed by atoms with Crippen LogP contribution in [0.4, 0.5) is 0 Å². The van der Waals surface area contributed by atoms with E-state index in [0.717, 1.165) is 77.0 Å². The van der Waals surface area contributed by atoms with Crippen molar-refractivity contribution < 1.29 is 32.9 Å². The van der Waals surface area contributed by atoms with Crippen molar-refractivity contribution in [3.63, 3.8) is 0 Å². The summed E-state index contributed by atoms with van der Waals surface area (Å²) < 4.78 is 23.5. The van der Waals surface area contributed by atoms with Crippen LogP contribution in [0, 0.1) is 0 Å². The predicted octanol–water partition coefficient (Wildman–Crippen LogP) is 24.8. The third kappa shape index (κ3) is 73.1. The molecule has 0 aromatic heterocycles. The molecule has 0 radical (unpaired) electrons. The molecule has 8 nitrogen and oxygen atoms in total. The van der Waals surface area contributed by atoms with E-state index in [0.29, 0.717) is 17.4 Å². The molecule has 0 heterocycles. The van der Waals surface area contributed by atoms with Gasteiger partial charge in [0.15, 0.2) is 0 Å². The lowest BCUT2D eigenvalue weighted by Gasteiger charge is -2.29. The van der Waals surface area contributed by atoms with Gasteiger partial charge in [0, 0.05) is 6.42 Å². The minimum Gasteiger partial charge on any atom is -0.756 e. The first-order valence-electron chi connectivity index (χ1n) is 38.9. The third-order valence-corrected chi connectivity index (χ3v) is 18.6. The average molecular weight is 1280 g/mol. The Morgan fingerprint density at radius 2 is 0.678 bits per heavy atom. The number of quaternary nitrogens is 1. The molecule has 0 saturated carbocycles. The molecule has 0 aliphatic carbocycles. The molecule has 3 atom stereocenters. The molecule has 2 N–H and O–H groups in total. The summed E-state index contributed by atoms with van der Waals surface area (Å²) in [5, 5.41) is 14.0. The van der Waals surface area contributed by atoms with Crippen LogP contribution in [-0.4, -0.2) is 68.5 Å². The number of aliphatic hydroxyl groups is 1. The predicted molar refractivity (Wildman–Crippen MR) is 394 cm³/mol. The number of hydrogen-bond donors (Lipinski definition) is 2. The van der Waals surface area contributed by atoms with Crippen LogP contribution >= 0.6 is 7.82 Å². The third-order valence-electron chi connectivity index (χ3n) is 17.6. The van der Waals surface area contributed by atoms with Crippen LogP contribution in [0.3, 0.4) is 0 Å². The van der Waals surface area contributed by atoms with E-state index < -0.39 is 20.0 Å². The minimum absolute atomic E-state index is 0.000986. The van der Waals surface area contributed by atoms with Crippen molar-refractivity contribution in [2.45, 2.75) is 386 Å². The normalized spacial score (nSPS) is 14.0. The Labute approximate surface area is 560 Å². The van der Waals surface area contributed by atoms with E-state index in [2.05, 4.69) is 92.1 Å². The number of phosphoric ester groups is 1. The highest BCUT2D eigenvalue weighted by Crippen LogP contribution is 2.38. The van der Waals surface area contributed by atoms with Crippen LogP contribution in [0.15, 0.2) is 85.1 Å². The van der Waals surface area contributed by atoms with Crippen molar-refractivity contribution in [1.29, 1.82) is 0 Å². The number of carbonyl (C=O) groups is 1. The smallest absolute Gasteiger partial charge is 0.268 e. The topological polar surface area (TPSA) is 108 Å². The highest BCUT2D eigenvalue weighted by atomic mass is 31.2. The van der Waals surface area contributed by atoms with Gasteiger partial charge in [-0.15, -0.1) is 0 Å². The Hall–Kier alpha value is -2.32. The van der Waals surface area contributed by atoms with Crippen LogP contribution in [0.5, 0.6) is 0 Å². The van der Waals surface area contributed by atoms with E-state index >= 15 is 0 Å². The van der Waals surface area contributed by atoms with Crippen molar-refractivity contribution >= 4 is 13.7 Å². The molecule has 1 amide bonds. The zero-order valence-electron chi connectivity index (χ0n) is 60.3. The Balaban J connectivity index is 3.98. The number of phosphoric acid groups is 1. The van der Waals surface area contributed by atoms with Crippen molar-refractivity contribution in [2.24, 2.45) is 0 Å². The van der Waals surface area contributed by atoms with Gasteiger partial charge in [-0.25, -0.2) is 0 Å². The second-order valence-corrected chi connectivity index (χ2v) is 29.1. The summed E-state index contributed by atoms with van der Waals surface area (Å²) in [5.74, 6) is -0.192. The number of aliphatic hydroxyl groups excluding tert-OH is 1. The maximum Gasteiger partial charge on any atom is 0.268 e. The lowest BCUT2D eigenvalue weighted by molar-refractivity contribution is -0.870. The van der Waals surface area contributed by atoms with Crippen LogP contribution in [0.2, 0.25) is 0 Å². The van der Waals surface area contributed by atoms with Gasteiger partial charge in [-0.1, -0.05) is 381 Å². The van der Waals surface area contributed by atoms with E-state index in [1.807, 2.05) is 27.2 Å². The van der Waals surface area contributed by atoms with E-state index in [-0.39, 0.29) is 19.1 Å². The minimum atomic E-state index is -4.61. The molecule has 0 aromatic carbocycles. The summed E-state index contributed by atoms with van der Waals surface area (Å²) in [6.45, 7) is 4.59. The fraction of sp³-hybridized carbons (Fsp3) is 0.815. The zero-order valence-corrected chi connectivity index (χ0v) is 61.2. The van der Waals surface area contributed by atoms with Crippen molar-refractivity contribution in [2.75, 3.05) is 40.9 Å². The Morgan fingerprint density at radius 3 is 0.989 bits per heavy atom. The molecule has 0 fully saturated rings. The summed E-state index contributed by atoms with van der Waals surface area (Å²) in [7, 11) is 1.27. The number of carbonyl (C=O) groups excluding carboxylic acids is 1. The van der Waals surface area contributed by atoms with Crippen LogP contribution in [0.1, 0.15) is 373 Å². The first kappa shape index (κ1) is 87.7. The molecule has 0 aliphatic heterocycles. The van der Waals surface area contributed by atoms with Gasteiger partial charge in [-0.05, 0) is 70.6 Å². The summed E-state index contributed by atoms with van der Waals surface area (Å²) in [4.78, 5) is 25.7. The number of amides is 1. The zero-order chi connectivity index (χ0) is 65.5. The highest BCUT2D eigenvalue weighted by molar-refractivity contribution is 7.45. The van der Waals surface area contributed by atoms with Gasteiger partial charge in [0.25, 0.3) is 7.82 Å². The molecule has 0 bridgehead atoms. The number of hydrogen-bond acceptors (Lipinski definition) is 6. The molecule has 0 saturated heterocycles. The molecule has 0 aliphatic rings. The van der Waals surface area contributed by atoms with E-state index in [9.17, 15) is 19.4 Å². The fourth-order valence-corrected chi connectivity index (χ4v) is 12.4. The number of nitrogens with zero attached hydrogens (tertiary/aromatic N) is 1. The maximum atomic E-state index is 13.1. The maximum absolute atomic E-state index is 13.1. The largest absolute Gasteiger partial charge is 0.756 e. The van der Waals surface area contributed by atoms with E-state index in [1.165, 1.54) is 276 Å². The van der Waals surface area contributed by atoms with Crippen molar-refractivity contribution in [3.05, 3.63) is 85.1 Å². The Kier molecular flexibility index (Phi) is 69.2. The van der Waals surface area contributed by atoms with Crippen molar-refractivity contribution in [3.8, 4) is 0 Å². The molecule has 0 spiro atoms. The van der Waals surface area contributed by atoms with Gasteiger partial charge in [-0.3, -0.25) is 9.36 Å². The van der Waals surface area contributed by atoms with Crippen LogP contribution in [-0.2, 0) is 18.4 Å². The molecule has 3 unspecified atom stereocenters. The first-order chi connectivity index (χ1) is 44.0.